The zero-order chi connectivity index (χ0) is 13.7. The van der Waals surface area contributed by atoms with Crippen molar-refractivity contribution < 1.29 is 10.0 Å². The molecule has 1 rings (SSSR count). The van der Waals surface area contributed by atoms with Gasteiger partial charge in [-0.3, -0.25) is 10.1 Å². The van der Waals surface area contributed by atoms with Gasteiger partial charge in [-0.25, -0.2) is 4.98 Å². The van der Waals surface area contributed by atoms with Gasteiger partial charge in [-0.1, -0.05) is 13.3 Å². The lowest BCUT2D eigenvalue weighted by atomic mass is 10.1. The molecular formula is C12H17N3O3. The molecular weight excluding hydrogens is 234 g/mol. The topological polar surface area (TPSA) is 102 Å². The number of hydrogen-bond acceptors (Lipinski definition) is 5. The number of aliphatic hydroxyl groups excluding tert-OH is 1. The maximum absolute atomic E-state index is 10.7. The summed E-state index contributed by atoms with van der Waals surface area (Å²) in [5, 5.41) is 19.9. The van der Waals surface area contributed by atoms with Gasteiger partial charge in [-0.05, 0) is 25.0 Å². The van der Waals surface area contributed by atoms with Gasteiger partial charge < -0.3 is 10.8 Å². The van der Waals surface area contributed by atoms with Crippen LogP contribution >= 0.6 is 0 Å². The van der Waals surface area contributed by atoms with Crippen molar-refractivity contribution in [2.45, 2.75) is 26.7 Å². The molecule has 0 amide bonds. The van der Waals surface area contributed by atoms with E-state index in [1.54, 1.807) is 6.92 Å². The van der Waals surface area contributed by atoms with Crippen LogP contribution in [-0.4, -0.2) is 21.6 Å². The Morgan fingerprint density at radius 3 is 2.67 bits per heavy atom. The lowest BCUT2D eigenvalue weighted by molar-refractivity contribution is -0.385. The molecule has 98 valence electrons. The van der Waals surface area contributed by atoms with Crippen LogP contribution in [0.3, 0.4) is 0 Å². The monoisotopic (exact) mass is 251 g/mol. The zero-order valence-corrected chi connectivity index (χ0v) is 10.5. The van der Waals surface area contributed by atoms with Crippen LogP contribution in [0.1, 0.15) is 31.2 Å². The number of aromatic nitrogens is 1. The third-order valence-corrected chi connectivity index (χ3v) is 2.65. The number of rotatable bonds is 5. The van der Waals surface area contributed by atoms with E-state index in [0.29, 0.717) is 29.1 Å². The standard InChI is InChI=1S/C12H17N3O3/c1-3-4-9(7-16)12(13)10-5-6-11(15(17)18)8(2)14-10/h5-6,16H,3-4,7,13H2,1-2H3/b12-9+. The maximum atomic E-state index is 10.7. The van der Waals surface area contributed by atoms with Gasteiger partial charge in [0.1, 0.15) is 5.69 Å². The summed E-state index contributed by atoms with van der Waals surface area (Å²) in [7, 11) is 0. The predicted molar refractivity (Wildman–Crippen MR) is 68.7 cm³/mol. The minimum absolute atomic E-state index is 0.0346. The number of aliphatic hydroxyl groups is 1. The van der Waals surface area contributed by atoms with Crippen molar-refractivity contribution in [3.8, 4) is 0 Å². The minimum Gasteiger partial charge on any atom is -0.397 e. The molecule has 0 aliphatic heterocycles. The van der Waals surface area contributed by atoms with Crippen LogP contribution in [0.5, 0.6) is 0 Å². The number of nitrogens with two attached hydrogens (primary N) is 1. The van der Waals surface area contributed by atoms with E-state index in [4.69, 9.17) is 5.73 Å². The maximum Gasteiger partial charge on any atom is 0.290 e. The highest BCUT2D eigenvalue weighted by molar-refractivity contribution is 5.64. The SMILES string of the molecule is CCC/C(CO)=C(\N)c1ccc([N+](=O)[O-])c(C)n1. The van der Waals surface area contributed by atoms with Gasteiger partial charge in [0.2, 0.25) is 0 Å². The molecule has 0 saturated heterocycles. The Labute approximate surface area is 105 Å². The lowest BCUT2D eigenvalue weighted by Gasteiger charge is -2.09. The van der Waals surface area contributed by atoms with Gasteiger partial charge in [-0.2, -0.15) is 0 Å². The van der Waals surface area contributed by atoms with Crippen LogP contribution in [0.2, 0.25) is 0 Å². The number of pyridine rings is 1. The first-order valence-corrected chi connectivity index (χ1v) is 5.72. The first kappa shape index (κ1) is 14.1. The summed E-state index contributed by atoms with van der Waals surface area (Å²) in [5.74, 6) is 0. The van der Waals surface area contributed by atoms with Gasteiger partial charge in [0.05, 0.1) is 22.9 Å². The molecule has 0 atom stereocenters. The summed E-state index contributed by atoms with van der Waals surface area (Å²) < 4.78 is 0. The van der Waals surface area contributed by atoms with Gasteiger partial charge in [0.15, 0.2) is 0 Å². The summed E-state index contributed by atoms with van der Waals surface area (Å²) >= 11 is 0. The van der Waals surface area contributed by atoms with E-state index in [1.807, 2.05) is 6.92 Å². The molecule has 0 fully saturated rings. The first-order valence-electron chi connectivity index (χ1n) is 5.72. The van der Waals surface area contributed by atoms with E-state index in [9.17, 15) is 15.2 Å². The van der Waals surface area contributed by atoms with Crippen molar-refractivity contribution in [3.63, 3.8) is 0 Å². The van der Waals surface area contributed by atoms with Gasteiger partial charge in [-0.15, -0.1) is 0 Å². The number of nitrogens with zero attached hydrogens (tertiary/aromatic N) is 2. The molecule has 0 aliphatic rings. The Morgan fingerprint density at radius 1 is 1.56 bits per heavy atom. The van der Waals surface area contributed by atoms with Crippen LogP contribution in [0.15, 0.2) is 17.7 Å². The molecule has 0 unspecified atom stereocenters. The van der Waals surface area contributed by atoms with Crippen LogP contribution in [0, 0.1) is 17.0 Å². The fraction of sp³-hybridized carbons (Fsp3) is 0.417. The van der Waals surface area contributed by atoms with Crippen molar-refractivity contribution in [1.29, 1.82) is 0 Å². The average molecular weight is 251 g/mol. The molecule has 0 aromatic carbocycles. The number of hydrogen-bond donors (Lipinski definition) is 2. The lowest BCUT2D eigenvalue weighted by Crippen LogP contribution is -2.08. The Kier molecular flexibility index (Phi) is 4.79. The van der Waals surface area contributed by atoms with Crippen molar-refractivity contribution in [1.82, 2.24) is 4.98 Å². The molecule has 1 aromatic heterocycles. The Bertz CT molecular complexity index is 483. The van der Waals surface area contributed by atoms with Crippen LogP contribution in [-0.2, 0) is 0 Å². The quantitative estimate of drug-likeness (QED) is 0.613. The highest BCUT2D eigenvalue weighted by atomic mass is 16.6. The van der Waals surface area contributed by atoms with E-state index in [-0.39, 0.29) is 12.3 Å². The summed E-state index contributed by atoms with van der Waals surface area (Å²) in [6.07, 6.45) is 1.54. The second-order valence-electron chi connectivity index (χ2n) is 3.98. The molecule has 3 N–H and O–H groups in total. The molecule has 1 aromatic rings. The summed E-state index contributed by atoms with van der Waals surface area (Å²) in [4.78, 5) is 14.3. The molecule has 0 radical (unpaired) electrons. The molecule has 0 spiro atoms. The number of aryl methyl sites for hydroxylation is 1. The summed E-state index contributed by atoms with van der Waals surface area (Å²) in [6.45, 7) is 3.42. The van der Waals surface area contributed by atoms with E-state index in [1.165, 1.54) is 12.1 Å². The Hall–Kier alpha value is -1.95. The van der Waals surface area contributed by atoms with Gasteiger partial charge in [0, 0.05) is 6.07 Å². The summed E-state index contributed by atoms with van der Waals surface area (Å²) in [5.41, 5.74) is 7.77. The molecule has 0 aliphatic carbocycles. The molecule has 18 heavy (non-hydrogen) atoms. The summed E-state index contributed by atoms with van der Waals surface area (Å²) in [6, 6.07) is 2.89. The zero-order valence-electron chi connectivity index (χ0n) is 10.5. The van der Waals surface area contributed by atoms with E-state index >= 15 is 0 Å². The highest BCUT2D eigenvalue weighted by Crippen LogP contribution is 2.20. The smallest absolute Gasteiger partial charge is 0.290 e. The average Bonchev–Trinajstić information content (AvgIpc) is 2.34. The van der Waals surface area contributed by atoms with Crippen LogP contribution in [0.25, 0.3) is 5.70 Å². The van der Waals surface area contributed by atoms with Crippen LogP contribution in [0.4, 0.5) is 5.69 Å². The van der Waals surface area contributed by atoms with Crippen molar-refractivity contribution in [2.24, 2.45) is 5.73 Å². The molecule has 0 saturated carbocycles. The largest absolute Gasteiger partial charge is 0.397 e. The molecule has 6 heteroatoms. The van der Waals surface area contributed by atoms with Crippen molar-refractivity contribution in [2.75, 3.05) is 6.61 Å². The normalized spacial score (nSPS) is 12.2. The molecule has 1 heterocycles. The van der Waals surface area contributed by atoms with Crippen molar-refractivity contribution >= 4 is 11.4 Å². The second-order valence-corrected chi connectivity index (χ2v) is 3.98. The van der Waals surface area contributed by atoms with Crippen molar-refractivity contribution in [3.05, 3.63) is 39.2 Å². The van der Waals surface area contributed by atoms with E-state index < -0.39 is 4.92 Å². The Morgan fingerprint density at radius 2 is 2.22 bits per heavy atom. The third kappa shape index (κ3) is 3.04. The predicted octanol–water partition coefficient (Wildman–Crippen LogP) is 1.76. The molecule has 6 nitrogen and oxygen atoms in total. The molecule has 0 bridgehead atoms. The minimum atomic E-state index is -0.481. The third-order valence-electron chi connectivity index (χ3n) is 2.65. The highest BCUT2D eigenvalue weighted by Gasteiger charge is 2.14. The Balaban J connectivity index is 3.18. The van der Waals surface area contributed by atoms with Gasteiger partial charge in [0.25, 0.3) is 5.69 Å². The first-order chi connectivity index (χ1) is 8.51. The van der Waals surface area contributed by atoms with Gasteiger partial charge >= 0.3 is 0 Å². The second kappa shape index (κ2) is 6.11. The van der Waals surface area contributed by atoms with E-state index in [2.05, 4.69) is 4.98 Å². The fourth-order valence-corrected chi connectivity index (χ4v) is 1.68. The number of nitro groups is 1. The van der Waals surface area contributed by atoms with E-state index in [0.717, 1.165) is 6.42 Å². The van der Waals surface area contributed by atoms with Crippen LogP contribution < -0.4 is 5.73 Å². The fourth-order valence-electron chi connectivity index (χ4n) is 1.68.